The van der Waals surface area contributed by atoms with E-state index in [0.29, 0.717) is 24.6 Å². The third kappa shape index (κ3) is 5.67. The van der Waals surface area contributed by atoms with E-state index in [9.17, 15) is 4.79 Å². The Morgan fingerprint density at radius 1 is 1.15 bits per heavy atom. The van der Waals surface area contributed by atoms with Gasteiger partial charge in [-0.2, -0.15) is 0 Å². The van der Waals surface area contributed by atoms with Gasteiger partial charge in [0, 0.05) is 35.2 Å². The topological polar surface area (TPSA) is 49.6 Å². The predicted octanol–water partition coefficient (Wildman–Crippen LogP) is 6.64. The molecule has 33 heavy (non-hydrogen) atoms. The molecule has 0 spiro atoms. The molecule has 1 saturated heterocycles. The van der Waals surface area contributed by atoms with Gasteiger partial charge in [0.1, 0.15) is 5.69 Å². The maximum absolute atomic E-state index is 13.6. The second kappa shape index (κ2) is 10.6. The molecule has 2 aromatic carbocycles. The average Bonchev–Trinajstić information content (AvgIpc) is 3.22. The van der Waals surface area contributed by atoms with Gasteiger partial charge in [0.2, 0.25) is 5.88 Å². The molecule has 1 aromatic heterocycles. The number of carbonyl (C=O) groups is 1. The monoisotopic (exact) mass is 509 g/mol. The fourth-order valence-corrected chi connectivity index (χ4v) is 4.78. The first-order chi connectivity index (χ1) is 15.9. The van der Waals surface area contributed by atoms with E-state index < -0.39 is 0 Å². The van der Waals surface area contributed by atoms with Gasteiger partial charge in [-0.3, -0.25) is 4.79 Å². The number of nitrogens with zero attached hydrogens (tertiary/aromatic N) is 3. The standard InChI is InChI=1S/C27H32BrN3O2/c1-19(2)17-31(26(32)22-10-7-11-23(28)16-22)18-24-25(21-8-5-4-6-9-21)29-33-27(24)30-14-12-20(3)13-15-30/h4-11,16,19-20H,12-15,17-18H2,1-3H3. The molecule has 0 N–H and O–H groups in total. The van der Waals surface area contributed by atoms with Crippen LogP contribution in [0.25, 0.3) is 11.3 Å². The maximum Gasteiger partial charge on any atom is 0.254 e. The third-order valence-corrected chi connectivity index (χ3v) is 6.67. The normalized spacial score (nSPS) is 14.6. The van der Waals surface area contributed by atoms with Crippen molar-refractivity contribution in [1.82, 2.24) is 10.1 Å². The minimum absolute atomic E-state index is 0.0171. The molecule has 1 amide bonds. The van der Waals surface area contributed by atoms with Crippen LogP contribution < -0.4 is 4.90 Å². The minimum Gasteiger partial charge on any atom is -0.340 e. The van der Waals surface area contributed by atoms with E-state index in [1.54, 1.807) is 0 Å². The van der Waals surface area contributed by atoms with E-state index >= 15 is 0 Å². The molecule has 174 valence electrons. The molecule has 0 bridgehead atoms. The van der Waals surface area contributed by atoms with Gasteiger partial charge in [-0.1, -0.05) is 78.3 Å². The summed E-state index contributed by atoms with van der Waals surface area (Å²) in [6, 6.07) is 17.7. The van der Waals surface area contributed by atoms with Crippen molar-refractivity contribution in [3.8, 4) is 11.3 Å². The number of benzene rings is 2. The molecule has 1 aliphatic rings. The predicted molar refractivity (Wildman–Crippen MR) is 136 cm³/mol. The molecule has 0 unspecified atom stereocenters. The van der Waals surface area contributed by atoms with Gasteiger partial charge in [-0.05, 0) is 42.9 Å². The summed E-state index contributed by atoms with van der Waals surface area (Å²) >= 11 is 3.50. The molecule has 0 aliphatic carbocycles. The Labute approximate surface area is 204 Å². The Morgan fingerprint density at radius 3 is 2.55 bits per heavy atom. The summed E-state index contributed by atoms with van der Waals surface area (Å²) in [5, 5.41) is 4.50. The number of carbonyl (C=O) groups excluding carboxylic acids is 1. The third-order valence-electron chi connectivity index (χ3n) is 6.18. The van der Waals surface area contributed by atoms with Crippen LogP contribution in [-0.4, -0.2) is 35.6 Å². The van der Waals surface area contributed by atoms with Crippen molar-refractivity contribution in [2.75, 3.05) is 24.5 Å². The van der Waals surface area contributed by atoms with Crippen LogP contribution in [0.1, 0.15) is 49.5 Å². The smallest absolute Gasteiger partial charge is 0.254 e. The molecule has 4 rings (SSSR count). The van der Waals surface area contributed by atoms with E-state index in [1.165, 1.54) is 0 Å². The lowest BCUT2D eigenvalue weighted by molar-refractivity contribution is 0.0723. The second-order valence-corrected chi connectivity index (χ2v) is 10.4. The first-order valence-electron chi connectivity index (χ1n) is 11.8. The number of piperidine rings is 1. The molecular weight excluding hydrogens is 478 g/mol. The first kappa shape index (κ1) is 23.6. The van der Waals surface area contributed by atoms with E-state index in [0.717, 1.165) is 59.0 Å². The fourth-order valence-electron chi connectivity index (χ4n) is 4.38. The first-order valence-corrected chi connectivity index (χ1v) is 12.6. The van der Waals surface area contributed by atoms with Crippen LogP contribution in [-0.2, 0) is 6.54 Å². The Balaban J connectivity index is 1.72. The molecule has 1 fully saturated rings. The molecule has 3 aromatic rings. The zero-order valence-electron chi connectivity index (χ0n) is 19.6. The number of rotatable bonds is 7. The maximum atomic E-state index is 13.6. The number of hydrogen-bond acceptors (Lipinski definition) is 4. The van der Waals surface area contributed by atoms with Crippen molar-refractivity contribution >= 4 is 27.7 Å². The molecule has 1 aliphatic heterocycles. The van der Waals surface area contributed by atoms with Gasteiger partial charge in [-0.15, -0.1) is 0 Å². The summed E-state index contributed by atoms with van der Waals surface area (Å²) in [6.07, 6.45) is 2.26. The number of aromatic nitrogens is 1. The molecule has 0 saturated carbocycles. The van der Waals surface area contributed by atoms with Crippen molar-refractivity contribution in [2.24, 2.45) is 11.8 Å². The van der Waals surface area contributed by atoms with Gasteiger partial charge in [0.05, 0.1) is 12.1 Å². The van der Waals surface area contributed by atoms with Crippen LogP contribution in [0.4, 0.5) is 5.88 Å². The lowest BCUT2D eigenvalue weighted by atomic mass is 9.98. The number of amides is 1. The highest BCUT2D eigenvalue weighted by molar-refractivity contribution is 9.10. The van der Waals surface area contributed by atoms with Crippen molar-refractivity contribution in [3.63, 3.8) is 0 Å². The molecule has 6 heteroatoms. The minimum atomic E-state index is 0.0171. The number of hydrogen-bond donors (Lipinski definition) is 0. The number of halogens is 1. The Hall–Kier alpha value is -2.60. The Morgan fingerprint density at radius 2 is 1.88 bits per heavy atom. The van der Waals surface area contributed by atoms with Crippen LogP contribution in [0.2, 0.25) is 0 Å². The van der Waals surface area contributed by atoms with Gasteiger partial charge >= 0.3 is 0 Å². The van der Waals surface area contributed by atoms with Crippen LogP contribution in [0.15, 0.2) is 63.6 Å². The van der Waals surface area contributed by atoms with E-state index in [-0.39, 0.29) is 5.91 Å². The lowest BCUT2D eigenvalue weighted by Gasteiger charge is -2.31. The second-order valence-electron chi connectivity index (χ2n) is 9.44. The average molecular weight is 510 g/mol. The molecule has 0 radical (unpaired) electrons. The molecular formula is C27H32BrN3O2. The van der Waals surface area contributed by atoms with Crippen molar-refractivity contribution in [2.45, 2.75) is 40.2 Å². The quantitative estimate of drug-likeness (QED) is 0.358. The summed E-state index contributed by atoms with van der Waals surface area (Å²) in [4.78, 5) is 17.8. The van der Waals surface area contributed by atoms with Gasteiger partial charge in [0.15, 0.2) is 0 Å². The van der Waals surface area contributed by atoms with Gasteiger partial charge in [0.25, 0.3) is 5.91 Å². The van der Waals surface area contributed by atoms with Gasteiger partial charge < -0.3 is 14.3 Å². The van der Waals surface area contributed by atoms with E-state index in [4.69, 9.17) is 4.52 Å². The van der Waals surface area contributed by atoms with Crippen molar-refractivity contribution in [1.29, 1.82) is 0 Å². The van der Waals surface area contributed by atoms with Crippen molar-refractivity contribution in [3.05, 3.63) is 70.2 Å². The zero-order valence-corrected chi connectivity index (χ0v) is 21.2. The lowest BCUT2D eigenvalue weighted by Crippen LogP contribution is -2.36. The zero-order chi connectivity index (χ0) is 23.4. The van der Waals surface area contributed by atoms with Crippen LogP contribution in [0.3, 0.4) is 0 Å². The van der Waals surface area contributed by atoms with E-state index in [1.807, 2.05) is 59.5 Å². The highest BCUT2D eigenvalue weighted by Crippen LogP contribution is 2.35. The Bertz CT molecular complexity index is 1070. The van der Waals surface area contributed by atoms with Crippen molar-refractivity contribution < 1.29 is 9.32 Å². The molecule has 2 heterocycles. The fraction of sp³-hybridized carbons (Fsp3) is 0.407. The van der Waals surface area contributed by atoms with E-state index in [2.05, 4.69) is 46.8 Å². The highest BCUT2D eigenvalue weighted by Gasteiger charge is 2.28. The van der Waals surface area contributed by atoms with Crippen LogP contribution in [0.5, 0.6) is 0 Å². The summed E-state index contributed by atoms with van der Waals surface area (Å²) in [5.41, 5.74) is 3.49. The number of anilines is 1. The highest BCUT2D eigenvalue weighted by atomic mass is 79.9. The summed E-state index contributed by atoms with van der Waals surface area (Å²) < 4.78 is 6.86. The summed E-state index contributed by atoms with van der Waals surface area (Å²) in [6.45, 7) is 9.58. The Kier molecular flexibility index (Phi) is 7.53. The SMILES string of the molecule is CC(C)CN(Cc1c(-c2ccccc2)noc1N1CCC(C)CC1)C(=O)c1cccc(Br)c1. The van der Waals surface area contributed by atoms with Gasteiger partial charge in [-0.25, -0.2) is 0 Å². The van der Waals surface area contributed by atoms with Crippen LogP contribution in [0, 0.1) is 11.8 Å². The summed E-state index contributed by atoms with van der Waals surface area (Å²) in [5.74, 6) is 1.87. The largest absolute Gasteiger partial charge is 0.340 e. The van der Waals surface area contributed by atoms with Crippen LogP contribution >= 0.6 is 15.9 Å². The molecule has 0 atom stereocenters. The summed E-state index contributed by atoms with van der Waals surface area (Å²) in [7, 11) is 0. The molecule has 5 nitrogen and oxygen atoms in total.